The van der Waals surface area contributed by atoms with Gasteiger partial charge in [-0.2, -0.15) is 0 Å². The van der Waals surface area contributed by atoms with E-state index in [2.05, 4.69) is 4.98 Å². The third-order valence-electron chi connectivity index (χ3n) is 2.90. The molecule has 2 aromatic rings. The molecule has 112 valence electrons. The molecule has 0 aliphatic rings. The summed E-state index contributed by atoms with van der Waals surface area (Å²) in [6.45, 7) is 1.75. The number of nitrogens with zero attached hydrogens (tertiary/aromatic N) is 2. The second-order valence-electron chi connectivity index (χ2n) is 4.37. The Morgan fingerprint density at radius 2 is 1.81 bits per heavy atom. The summed E-state index contributed by atoms with van der Waals surface area (Å²) >= 11 is 1.26. The van der Waals surface area contributed by atoms with E-state index in [9.17, 15) is 22.4 Å². The lowest BCUT2D eigenvalue weighted by atomic mass is 10.1. The monoisotopic (exact) mass is 318 g/mol. The number of hydrogen-bond acceptors (Lipinski definition) is 3. The Labute approximate surface area is 121 Å². The van der Waals surface area contributed by atoms with Crippen molar-refractivity contribution in [3.05, 3.63) is 51.0 Å². The van der Waals surface area contributed by atoms with Crippen molar-refractivity contribution in [2.24, 2.45) is 0 Å². The molecule has 1 heterocycles. The number of aryl methyl sites for hydroxylation is 1. The Morgan fingerprint density at radius 3 is 2.29 bits per heavy atom. The number of benzene rings is 1. The maximum atomic E-state index is 13.6. The van der Waals surface area contributed by atoms with E-state index in [0.29, 0.717) is 10.6 Å². The van der Waals surface area contributed by atoms with Crippen molar-refractivity contribution in [3.63, 3.8) is 0 Å². The van der Waals surface area contributed by atoms with Gasteiger partial charge in [0.15, 0.2) is 23.3 Å². The van der Waals surface area contributed by atoms with Crippen LogP contribution < -0.4 is 0 Å². The molecule has 0 atom stereocenters. The second kappa shape index (κ2) is 5.80. The van der Waals surface area contributed by atoms with Gasteiger partial charge in [0, 0.05) is 18.0 Å². The van der Waals surface area contributed by atoms with Gasteiger partial charge in [-0.15, -0.1) is 11.3 Å². The highest BCUT2D eigenvalue weighted by Crippen LogP contribution is 2.22. The summed E-state index contributed by atoms with van der Waals surface area (Å²) in [5, 5.41) is 0. The predicted molar refractivity (Wildman–Crippen MR) is 68.9 cm³/mol. The minimum atomic E-state index is -1.70. The maximum Gasteiger partial charge on any atom is 0.260 e. The van der Waals surface area contributed by atoms with Crippen LogP contribution in [-0.4, -0.2) is 22.8 Å². The zero-order valence-corrected chi connectivity index (χ0v) is 11.9. The van der Waals surface area contributed by atoms with Gasteiger partial charge in [0.25, 0.3) is 5.91 Å². The highest BCUT2D eigenvalue weighted by atomic mass is 32.1. The van der Waals surface area contributed by atoms with Crippen LogP contribution in [0.1, 0.15) is 20.9 Å². The fourth-order valence-corrected chi connectivity index (χ4v) is 2.55. The second-order valence-corrected chi connectivity index (χ2v) is 5.30. The lowest BCUT2D eigenvalue weighted by molar-refractivity contribution is 0.0773. The van der Waals surface area contributed by atoms with Crippen LogP contribution in [0.15, 0.2) is 11.6 Å². The van der Waals surface area contributed by atoms with Gasteiger partial charge < -0.3 is 4.90 Å². The van der Waals surface area contributed by atoms with Gasteiger partial charge in [-0.05, 0) is 6.92 Å². The minimum absolute atomic E-state index is 0.0341. The zero-order valence-electron chi connectivity index (χ0n) is 11.1. The van der Waals surface area contributed by atoms with Crippen molar-refractivity contribution in [3.8, 4) is 0 Å². The molecule has 8 heteroatoms. The lowest BCUT2D eigenvalue weighted by Gasteiger charge is -2.17. The number of halogens is 4. The van der Waals surface area contributed by atoms with E-state index in [-0.39, 0.29) is 12.6 Å². The Balaban J connectivity index is 2.34. The molecule has 0 N–H and O–H groups in total. The van der Waals surface area contributed by atoms with Crippen molar-refractivity contribution < 1.29 is 22.4 Å². The van der Waals surface area contributed by atoms with Crippen LogP contribution in [0.4, 0.5) is 17.6 Å². The molecule has 0 radical (unpaired) electrons. The fourth-order valence-electron chi connectivity index (χ4n) is 1.72. The normalized spacial score (nSPS) is 10.8. The van der Waals surface area contributed by atoms with Crippen LogP contribution in [0.3, 0.4) is 0 Å². The molecule has 0 bridgehead atoms. The quantitative estimate of drug-likeness (QED) is 0.643. The molecule has 1 aromatic carbocycles. The maximum absolute atomic E-state index is 13.6. The molecular weight excluding hydrogens is 308 g/mol. The molecule has 0 saturated carbocycles. The van der Waals surface area contributed by atoms with E-state index in [4.69, 9.17) is 0 Å². The van der Waals surface area contributed by atoms with E-state index in [1.807, 2.05) is 0 Å². The molecule has 0 saturated heterocycles. The first-order valence-corrected chi connectivity index (χ1v) is 6.68. The first-order chi connectivity index (χ1) is 9.82. The minimum Gasteiger partial charge on any atom is -0.336 e. The van der Waals surface area contributed by atoms with Crippen LogP contribution in [0.5, 0.6) is 0 Å². The Bertz CT molecular complexity index is 675. The SMILES string of the molecule is Cc1ncsc1CN(C)C(=O)c1c(F)c(F)cc(F)c1F. The topological polar surface area (TPSA) is 33.2 Å². The Kier molecular flexibility index (Phi) is 4.26. The van der Waals surface area contributed by atoms with Crippen molar-refractivity contribution in [1.29, 1.82) is 0 Å². The number of carbonyl (C=O) groups is 1. The fraction of sp³-hybridized carbons (Fsp3) is 0.231. The third-order valence-corrected chi connectivity index (χ3v) is 3.82. The molecule has 0 unspecified atom stereocenters. The van der Waals surface area contributed by atoms with Gasteiger partial charge in [0.05, 0.1) is 17.7 Å². The Morgan fingerprint density at radius 1 is 1.24 bits per heavy atom. The van der Waals surface area contributed by atoms with Gasteiger partial charge in [0.1, 0.15) is 5.56 Å². The summed E-state index contributed by atoms with van der Waals surface area (Å²) in [4.78, 5) is 17.7. The Hall–Kier alpha value is -1.96. The molecule has 1 amide bonds. The van der Waals surface area contributed by atoms with Crippen molar-refractivity contribution in [1.82, 2.24) is 9.88 Å². The molecular formula is C13H10F4N2OS. The van der Waals surface area contributed by atoms with Crippen LogP contribution in [0, 0.1) is 30.2 Å². The van der Waals surface area contributed by atoms with Crippen LogP contribution >= 0.6 is 11.3 Å². The first kappa shape index (κ1) is 15.4. The summed E-state index contributed by atoms with van der Waals surface area (Å²) in [6.07, 6.45) is 0. The van der Waals surface area contributed by atoms with Gasteiger partial charge in [-0.3, -0.25) is 4.79 Å². The van der Waals surface area contributed by atoms with Gasteiger partial charge in [0.2, 0.25) is 0 Å². The van der Waals surface area contributed by atoms with E-state index in [1.165, 1.54) is 18.4 Å². The summed E-state index contributed by atoms with van der Waals surface area (Å²) < 4.78 is 53.4. The molecule has 0 aliphatic heterocycles. The van der Waals surface area contributed by atoms with Crippen LogP contribution in [0.25, 0.3) is 0 Å². The predicted octanol–water partition coefficient (Wildman–Crippen LogP) is 3.28. The smallest absolute Gasteiger partial charge is 0.260 e. The van der Waals surface area contributed by atoms with E-state index in [0.717, 1.165) is 4.90 Å². The number of carbonyl (C=O) groups excluding carboxylic acids is 1. The van der Waals surface area contributed by atoms with Gasteiger partial charge in [-0.25, -0.2) is 22.5 Å². The van der Waals surface area contributed by atoms with Crippen molar-refractivity contribution in [2.75, 3.05) is 7.05 Å². The van der Waals surface area contributed by atoms with Gasteiger partial charge in [-0.1, -0.05) is 0 Å². The average Bonchev–Trinajstić information content (AvgIpc) is 2.82. The summed E-state index contributed by atoms with van der Waals surface area (Å²) in [6, 6.07) is 0.0643. The molecule has 0 aliphatic carbocycles. The van der Waals surface area contributed by atoms with Gasteiger partial charge >= 0.3 is 0 Å². The number of hydrogen-bond donors (Lipinski definition) is 0. The molecule has 0 fully saturated rings. The number of amides is 1. The van der Waals surface area contributed by atoms with Crippen LogP contribution in [-0.2, 0) is 6.54 Å². The zero-order chi connectivity index (χ0) is 15.7. The molecule has 21 heavy (non-hydrogen) atoms. The highest BCUT2D eigenvalue weighted by molar-refractivity contribution is 7.09. The molecule has 2 rings (SSSR count). The molecule has 1 aromatic heterocycles. The number of aromatic nitrogens is 1. The summed E-state index contributed by atoms with van der Waals surface area (Å²) in [7, 11) is 1.28. The molecule has 3 nitrogen and oxygen atoms in total. The average molecular weight is 318 g/mol. The largest absolute Gasteiger partial charge is 0.336 e. The summed E-state index contributed by atoms with van der Waals surface area (Å²) in [5.74, 6) is -7.77. The summed E-state index contributed by atoms with van der Waals surface area (Å²) in [5.41, 5.74) is 0.995. The first-order valence-electron chi connectivity index (χ1n) is 5.80. The third kappa shape index (κ3) is 2.90. The van der Waals surface area contributed by atoms with Crippen LogP contribution in [0.2, 0.25) is 0 Å². The standard InChI is InChI=1S/C13H10F4N2OS/c1-6-9(21-5-18-6)4-19(2)13(20)10-11(16)7(14)3-8(15)12(10)17/h3,5H,4H2,1-2H3. The number of thiazole rings is 1. The van der Waals surface area contributed by atoms with E-state index in [1.54, 1.807) is 12.4 Å². The van der Waals surface area contributed by atoms with Crippen molar-refractivity contribution in [2.45, 2.75) is 13.5 Å². The highest BCUT2D eigenvalue weighted by Gasteiger charge is 2.27. The van der Waals surface area contributed by atoms with Crippen molar-refractivity contribution >= 4 is 17.2 Å². The number of rotatable bonds is 3. The molecule has 0 spiro atoms. The van der Waals surface area contributed by atoms with E-state index >= 15 is 0 Å². The lowest BCUT2D eigenvalue weighted by Crippen LogP contribution is -2.28. The van der Waals surface area contributed by atoms with E-state index < -0.39 is 34.7 Å².